The molecular weight excluding hydrogens is 242 g/mol. The zero-order valence-corrected chi connectivity index (χ0v) is 11.5. The van der Waals surface area contributed by atoms with E-state index < -0.39 is 6.10 Å². The number of aromatic hydroxyl groups is 1. The number of aryl methyl sites for hydroxylation is 1. The topological polar surface area (TPSA) is 60.8 Å². The molecule has 19 heavy (non-hydrogen) atoms. The second-order valence-electron chi connectivity index (χ2n) is 5.31. The number of aliphatic hydroxyl groups excluding tert-OH is 1. The van der Waals surface area contributed by atoms with E-state index in [1.54, 1.807) is 37.1 Å². The van der Waals surface area contributed by atoms with Crippen molar-refractivity contribution in [3.05, 3.63) is 29.3 Å². The lowest BCUT2D eigenvalue weighted by Crippen LogP contribution is -2.46. The lowest BCUT2D eigenvalue weighted by atomic mass is 9.91. The van der Waals surface area contributed by atoms with Crippen molar-refractivity contribution in [2.45, 2.75) is 44.8 Å². The van der Waals surface area contributed by atoms with Gasteiger partial charge in [0, 0.05) is 7.05 Å². The highest BCUT2D eigenvalue weighted by atomic mass is 16.3. The van der Waals surface area contributed by atoms with E-state index in [4.69, 9.17) is 0 Å². The van der Waals surface area contributed by atoms with Crippen LogP contribution in [0, 0.1) is 6.92 Å². The molecule has 1 aliphatic carbocycles. The number of nitrogens with zero attached hydrogens (tertiary/aromatic N) is 1. The number of amides is 1. The summed E-state index contributed by atoms with van der Waals surface area (Å²) < 4.78 is 0. The highest BCUT2D eigenvalue weighted by molar-refractivity contribution is 5.97. The summed E-state index contributed by atoms with van der Waals surface area (Å²) in [7, 11) is 1.70. The van der Waals surface area contributed by atoms with Gasteiger partial charge in [0.05, 0.1) is 17.7 Å². The average molecular weight is 263 g/mol. The van der Waals surface area contributed by atoms with Crippen molar-refractivity contribution in [3.8, 4) is 5.75 Å². The maximum Gasteiger partial charge on any atom is 0.257 e. The molecule has 0 spiro atoms. The fraction of sp³-hybridized carbons (Fsp3) is 0.533. The number of carbonyl (C=O) groups is 1. The molecule has 1 amide bonds. The highest BCUT2D eigenvalue weighted by Crippen LogP contribution is 2.27. The van der Waals surface area contributed by atoms with Gasteiger partial charge in [-0.2, -0.15) is 0 Å². The Bertz CT molecular complexity index is 472. The Kier molecular flexibility index (Phi) is 4.10. The summed E-state index contributed by atoms with van der Waals surface area (Å²) in [4.78, 5) is 14.0. The van der Waals surface area contributed by atoms with Gasteiger partial charge in [-0.3, -0.25) is 4.79 Å². The van der Waals surface area contributed by atoms with E-state index >= 15 is 0 Å². The van der Waals surface area contributed by atoms with E-state index in [0.717, 1.165) is 25.7 Å². The number of phenols is 1. The fourth-order valence-corrected chi connectivity index (χ4v) is 2.72. The Morgan fingerprint density at radius 2 is 2.00 bits per heavy atom. The second-order valence-corrected chi connectivity index (χ2v) is 5.31. The van der Waals surface area contributed by atoms with Gasteiger partial charge in [-0.05, 0) is 31.4 Å². The smallest absolute Gasteiger partial charge is 0.257 e. The summed E-state index contributed by atoms with van der Waals surface area (Å²) in [5, 5.41) is 20.0. The molecule has 1 aromatic rings. The Hall–Kier alpha value is -1.55. The maximum absolute atomic E-state index is 12.4. The third-order valence-electron chi connectivity index (χ3n) is 3.98. The molecule has 0 heterocycles. The van der Waals surface area contributed by atoms with E-state index in [0.29, 0.717) is 11.1 Å². The monoisotopic (exact) mass is 263 g/mol. The van der Waals surface area contributed by atoms with Crippen molar-refractivity contribution in [1.29, 1.82) is 0 Å². The van der Waals surface area contributed by atoms with Gasteiger partial charge in [-0.1, -0.05) is 25.0 Å². The third kappa shape index (κ3) is 2.73. The molecular formula is C15H21NO3. The lowest BCUT2D eigenvalue weighted by molar-refractivity contribution is 0.0266. The minimum absolute atomic E-state index is 0.0321. The molecule has 0 bridgehead atoms. The first-order valence-electron chi connectivity index (χ1n) is 6.76. The lowest BCUT2D eigenvalue weighted by Gasteiger charge is -2.35. The molecule has 0 radical (unpaired) electrons. The van der Waals surface area contributed by atoms with Gasteiger partial charge in [-0.15, -0.1) is 0 Å². The molecule has 1 aromatic carbocycles. The van der Waals surface area contributed by atoms with E-state index in [1.165, 1.54) is 0 Å². The van der Waals surface area contributed by atoms with Crippen LogP contribution in [0.15, 0.2) is 18.2 Å². The Labute approximate surface area is 113 Å². The molecule has 2 rings (SSSR count). The normalized spacial score (nSPS) is 23.1. The average Bonchev–Trinajstić information content (AvgIpc) is 2.41. The number of hydrogen-bond acceptors (Lipinski definition) is 3. The van der Waals surface area contributed by atoms with Crippen molar-refractivity contribution < 1.29 is 15.0 Å². The number of carbonyl (C=O) groups excluding carboxylic acids is 1. The molecule has 1 fully saturated rings. The van der Waals surface area contributed by atoms with Gasteiger partial charge in [0.1, 0.15) is 5.75 Å². The van der Waals surface area contributed by atoms with Gasteiger partial charge in [0.25, 0.3) is 5.91 Å². The third-order valence-corrected chi connectivity index (χ3v) is 3.98. The van der Waals surface area contributed by atoms with Crippen LogP contribution >= 0.6 is 0 Å². The van der Waals surface area contributed by atoms with E-state index in [-0.39, 0.29) is 17.7 Å². The fourth-order valence-electron chi connectivity index (χ4n) is 2.72. The van der Waals surface area contributed by atoms with Crippen molar-refractivity contribution in [1.82, 2.24) is 4.90 Å². The Balaban J connectivity index is 2.21. The molecule has 4 heteroatoms. The maximum atomic E-state index is 12.4. The van der Waals surface area contributed by atoms with Gasteiger partial charge in [0.15, 0.2) is 0 Å². The number of benzene rings is 1. The predicted octanol–water partition coefficient (Wildman–Crippen LogP) is 2.08. The standard InChI is InChI=1S/C15H21NO3/c1-10-6-5-7-11(14(10)18)15(19)16(2)12-8-3-4-9-13(12)17/h5-7,12-13,17-18H,3-4,8-9H2,1-2H3. The molecule has 2 atom stereocenters. The van der Waals surface area contributed by atoms with Crippen LogP contribution in [0.1, 0.15) is 41.6 Å². The summed E-state index contributed by atoms with van der Waals surface area (Å²) >= 11 is 0. The molecule has 1 aliphatic rings. The Morgan fingerprint density at radius 1 is 1.32 bits per heavy atom. The van der Waals surface area contributed by atoms with Gasteiger partial charge in [0.2, 0.25) is 0 Å². The van der Waals surface area contributed by atoms with Crippen LogP contribution in [0.2, 0.25) is 0 Å². The van der Waals surface area contributed by atoms with Crippen molar-refractivity contribution in [2.24, 2.45) is 0 Å². The molecule has 1 saturated carbocycles. The summed E-state index contributed by atoms with van der Waals surface area (Å²) in [5.74, 6) is -0.197. The zero-order valence-electron chi connectivity index (χ0n) is 11.5. The van der Waals surface area contributed by atoms with Crippen LogP contribution in [0.3, 0.4) is 0 Å². The van der Waals surface area contributed by atoms with E-state index in [2.05, 4.69) is 0 Å². The molecule has 2 N–H and O–H groups in total. The number of aliphatic hydroxyl groups is 1. The number of phenolic OH excluding ortho intramolecular Hbond substituents is 1. The first-order valence-corrected chi connectivity index (χ1v) is 6.76. The van der Waals surface area contributed by atoms with Crippen LogP contribution < -0.4 is 0 Å². The number of hydrogen-bond donors (Lipinski definition) is 2. The van der Waals surface area contributed by atoms with E-state index in [9.17, 15) is 15.0 Å². The largest absolute Gasteiger partial charge is 0.507 e. The van der Waals surface area contributed by atoms with Crippen LogP contribution in [0.25, 0.3) is 0 Å². The van der Waals surface area contributed by atoms with Crippen molar-refractivity contribution in [2.75, 3.05) is 7.05 Å². The van der Waals surface area contributed by atoms with Gasteiger partial charge in [-0.25, -0.2) is 0 Å². The highest BCUT2D eigenvalue weighted by Gasteiger charge is 2.30. The summed E-state index contributed by atoms with van der Waals surface area (Å²) in [5.41, 5.74) is 0.990. The quantitative estimate of drug-likeness (QED) is 0.858. The van der Waals surface area contributed by atoms with Crippen LogP contribution in [-0.2, 0) is 0 Å². The van der Waals surface area contributed by atoms with Crippen LogP contribution in [0.5, 0.6) is 5.75 Å². The van der Waals surface area contributed by atoms with Gasteiger partial charge < -0.3 is 15.1 Å². The first kappa shape index (κ1) is 13.9. The molecule has 0 aromatic heterocycles. The molecule has 2 unspecified atom stereocenters. The molecule has 0 aliphatic heterocycles. The zero-order chi connectivity index (χ0) is 14.0. The first-order chi connectivity index (χ1) is 9.02. The second kappa shape index (κ2) is 5.61. The SMILES string of the molecule is Cc1cccc(C(=O)N(C)C2CCCCC2O)c1O. The van der Waals surface area contributed by atoms with Gasteiger partial charge >= 0.3 is 0 Å². The molecule has 104 valence electrons. The van der Waals surface area contributed by atoms with E-state index in [1.807, 2.05) is 0 Å². The summed E-state index contributed by atoms with van der Waals surface area (Å²) in [6.45, 7) is 1.77. The number of para-hydroxylation sites is 1. The molecule has 0 saturated heterocycles. The Morgan fingerprint density at radius 3 is 2.68 bits per heavy atom. The van der Waals surface area contributed by atoms with Crippen LogP contribution in [0.4, 0.5) is 0 Å². The van der Waals surface area contributed by atoms with Crippen molar-refractivity contribution >= 4 is 5.91 Å². The number of likely N-dealkylation sites (N-methyl/N-ethyl adjacent to an activating group) is 1. The summed E-state index contributed by atoms with van der Waals surface area (Å²) in [6.07, 6.45) is 3.13. The van der Waals surface area contributed by atoms with Crippen molar-refractivity contribution in [3.63, 3.8) is 0 Å². The molecule has 4 nitrogen and oxygen atoms in total. The van der Waals surface area contributed by atoms with Crippen LogP contribution in [-0.4, -0.2) is 40.2 Å². The summed E-state index contributed by atoms with van der Waals surface area (Å²) in [6, 6.07) is 4.99. The minimum atomic E-state index is -0.463. The number of rotatable bonds is 2. The predicted molar refractivity (Wildman–Crippen MR) is 73.2 cm³/mol. The minimum Gasteiger partial charge on any atom is -0.507 e.